The first kappa shape index (κ1) is 35.2. The maximum atomic E-state index is 14.1. The van der Waals surface area contributed by atoms with E-state index < -0.39 is 47.9 Å². The average molecular weight is 709 g/mol. The van der Waals surface area contributed by atoms with Crippen LogP contribution >= 0.6 is 0 Å². The van der Waals surface area contributed by atoms with E-state index in [1.165, 1.54) is 29.2 Å². The van der Waals surface area contributed by atoms with Gasteiger partial charge in [0.05, 0.1) is 29.3 Å². The summed E-state index contributed by atoms with van der Waals surface area (Å²) in [4.78, 5) is 35.2. The topological polar surface area (TPSA) is 138 Å². The number of piperidine rings is 1. The van der Waals surface area contributed by atoms with Crippen LogP contribution in [0.25, 0.3) is 16.6 Å². The number of ether oxygens (including phenoxy) is 3. The lowest BCUT2D eigenvalue weighted by atomic mass is 9.88. The van der Waals surface area contributed by atoms with Crippen molar-refractivity contribution in [2.24, 2.45) is 0 Å². The number of likely N-dealkylation sites (tertiary alicyclic amines) is 1. The van der Waals surface area contributed by atoms with Gasteiger partial charge in [0.2, 0.25) is 17.4 Å². The lowest BCUT2D eigenvalue weighted by molar-refractivity contribution is 0.0203. The Morgan fingerprint density at radius 3 is 2.41 bits per heavy atom. The molecular formula is C36H36F4N6O5. The molecule has 6 rings (SSSR count). The number of pyridine rings is 1. The van der Waals surface area contributed by atoms with Gasteiger partial charge in [0.1, 0.15) is 23.8 Å². The number of alkyl halides is 2. The zero-order chi connectivity index (χ0) is 36.6. The number of benzene rings is 2. The quantitative estimate of drug-likeness (QED) is 0.117. The van der Waals surface area contributed by atoms with Crippen LogP contribution in [0.15, 0.2) is 54.9 Å². The number of halogens is 4. The van der Waals surface area contributed by atoms with E-state index >= 15 is 0 Å². The summed E-state index contributed by atoms with van der Waals surface area (Å²) in [6.45, 7) is 7.11. The molecule has 3 N–H and O–H groups in total. The first-order valence-corrected chi connectivity index (χ1v) is 16.2. The third kappa shape index (κ3) is 7.61. The number of anilines is 1. The van der Waals surface area contributed by atoms with E-state index in [2.05, 4.69) is 15.1 Å². The first-order valence-electron chi connectivity index (χ1n) is 16.2. The van der Waals surface area contributed by atoms with Gasteiger partial charge < -0.3 is 29.8 Å². The van der Waals surface area contributed by atoms with Crippen LogP contribution in [0.1, 0.15) is 66.7 Å². The van der Waals surface area contributed by atoms with Crippen molar-refractivity contribution < 1.29 is 41.4 Å². The summed E-state index contributed by atoms with van der Waals surface area (Å²) in [6.07, 6.45) is 0.670. The molecule has 4 heterocycles. The predicted octanol–water partition coefficient (Wildman–Crippen LogP) is 7.70. The summed E-state index contributed by atoms with van der Waals surface area (Å²) in [5.41, 5.74) is 8.23. The Balaban J connectivity index is 1.24. The number of ketones is 1. The fourth-order valence-electron chi connectivity index (χ4n) is 5.95. The minimum absolute atomic E-state index is 0.00997. The molecule has 5 aromatic rings. The maximum absolute atomic E-state index is 14.1. The number of carbonyl (C=O) groups excluding carboxylic acids is 2. The second-order valence-electron chi connectivity index (χ2n) is 13.3. The fourth-order valence-corrected chi connectivity index (χ4v) is 5.95. The number of aryl methyl sites for hydroxylation is 1. The van der Waals surface area contributed by atoms with Crippen molar-refractivity contribution in [3.63, 3.8) is 0 Å². The summed E-state index contributed by atoms with van der Waals surface area (Å²) in [6, 6.07) is 9.80. The molecule has 3 aromatic heterocycles. The van der Waals surface area contributed by atoms with E-state index in [-0.39, 0.29) is 34.6 Å². The SMILES string of the molecule is Cc1cc(Oc2c(F)cccc2F)ncc1-n1ncc(C(=O)c2cc3cc(OCC(F)F)c(C4CCN(C(=O)OC(C)(C)C)CC4)cc3[nH]2)c1N. The van der Waals surface area contributed by atoms with Gasteiger partial charge in [-0.05, 0) is 87.9 Å². The number of amides is 1. The van der Waals surface area contributed by atoms with Crippen LogP contribution < -0.4 is 15.2 Å². The largest absolute Gasteiger partial charge is 0.487 e. The number of nitrogens with one attached hydrogen (secondary N) is 1. The van der Waals surface area contributed by atoms with Gasteiger partial charge in [-0.1, -0.05) is 6.07 Å². The molecule has 1 aliphatic heterocycles. The lowest BCUT2D eigenvalue weighted by Gasteiger charge is -2.34. The number of aromatic amines is 1. The number of H-pyrrole nitrogens is 1. The van der Waals surface area contributed by atoms with Crippen LogP contribution in [0.5, 0.6) is 17.4 Å². The van der Waals surface area contributed by atoms with Crippen LogP contribution in [-0.4, -0.2) is 68.2 Å². The molecule has 1 fully saturated rings. The Bertz CT molecular complexity index is 2080. The summed E-state index contributed by atoms with van der Waals surface area (Å²) in [7, 11) is 0. The Morgan fingerprint density at radius 1 is 1.06 bits per heavy atom. The molecule has 0 radical (unpaired) electrons. The molecule has 11 nitrogen and oxygen atoms in total. The maximum Gasteiger partial charge on any atom is 0.410 e. The highest BCUT2D eigenvalue weighted by molar-refractivity contribution is 6.12. The van der Waals surface area contributed by atoms with Gasteiger partial charge in [-0.3, -0.25) is 4.79 Å². The number of aromatic nitrogens is 4. The van der Waals surface area contributed by atoms with Crippen LogP contribution in [0.3, 0.4) is 0 Å². The Hall–Kier alpha value is -5.60. The molecular weight excluding hydrogens is 672 g/mol. The van der Waals surface area contributed by atoms with Crippen molar-refractivity contribution >= 4 is 28.6 Å². The number of carbonyl (C=O) groups is 2. The van der Waals surface area contributed by atoms with Crippen molar-refractivity contribution in [3.8, 4) is 23.1 Å². The summed E-state index contributed by atoms with van der Waals surface area (Å²) in [5.74, 6) is -2.72. The average Bonchev–Trinajstić information content (AvgIpc) is 3.67. The molecule has 0 spiro atoms. The van der Waals surface area contributed by atoms with Crippen LogP contribution in [0.2, 0.25) is 0 Å². The summed E-state index contributed by atoms with van der Waals surface area (Å²) in [5, 5.41) is 4.85. The Morgan fingerprint density at radius 2 is 1.76 bits per heavy atom. The number of para-hydroxylation sites is 1. The fraction of sp³-hybridized carbons (Fsp3) is 0.333. The summed E-state index contributed by atoms with van der Waals surface area (Å²) >= 11 is 0. The predicted molar refractivity (Wildman–Crippen MR) is 180 cm³/mol. The number of fused-ring (bicyclic) bond motifs is 1. The van der Waals surface area contributed by atoms with Gasteiger partial charge in [-0.2, -0.15) is 5.10 Å². The van der Waals surface area contributed by atoms with E-state index in [9.17, 15) is 27.2 Å². The van der Waals surface area contributed by atoms with Crippen molar-refractivity contribution in [1.82, 2.24) is 24.6 Å². The van der Waals surface area contributed by atoms with Gasteiger partial charge in [0.25, 0.3) is 6.43 Å². The molecule has 1 aliphatic rings. The molecule has 51 heavy (non-hydrogen) atoms. The smallest absolute Gasteiger partial charge is 0.410 e. The molecule has 0 unspecified atom stereocenters. The number of hydrogen-bond acceptors (Lipinski definition) is 8. The van der Waals surface area contributed by atoms with Crippen molar-refractivity contribution in [3.05, 3.63) is 88.9 Å². The molecule has 0 saturated carbocycles. The van der Waals surface area contributed by atoms with E-state index in [0.29, 0.717) is 53.6 Å². The normalized spacial score (nSPS) is 13.9. The van der Waals surface area contributed by atoms with E-state index in [1.807, 2.05) is 0 Å². The number of hydrogen-bond donors (Lipinski definition) is 2. The zero-order valence-electron chi connectivity index (χ0n) is 28.3. The lowest BCUT2D eigenvalue weighted by Crippen LogP contribution is -2.41. The van der Waals surface area contributed by atoms with Gasteiger partial charge in [-0.25, -0.2) is 32.0 Å². The highest BCUT2D eigenvalue weighted by Gasteiger charge is 2.30. The Kier molecular flexibility index (Phi) is 9.64. The number of nitrogen functional groups attached to an aromatic ring is 1. The second kappa shape index (κ2) is 14.0. The number of rotatable bonds is 9. The summed E-state index contributed by atoms with van der Waals surface area (Å²) < 4.78 is 72.3. The second-order valence-corrected chi connectivity index (χ2v) is 13.3. The van der Waals surface area contributed by atoms with Gasteiger partial charge in [0.15, 0.2) is 11.6 Å². The molecule has 0 bridgehead atoms. The van der Waals surface area contributed by atoms with Gasteiger partial charge in [-0.15, -0.1) is 0 Å². The monoisotopic (exact) mass is 708 g/mol. The minimum atomic E-state index is -2.69. The van der Waals surface area contributed by atoms with Gasteiger partial charge >= 0.3 is 6.09 Å². The zero-order valence-corrected chi connectivity index (χ0v) is 28.3. The molecule has 268 valence electrons. The molecule has 0 aliphatic carbocycles. The molecule has 15 heteroatoms. The van der Waals surface area contributed by atoms with Crippen LogP contribution in [-0.2, 0) is 4.74 Å². The third-order valence-corrected chi connectivity index (χ3v) is 8.41. The van der Waals surface area contributed by atoms with Crippen molar-refractivity contribution in [2.75, 3.05) is 25.4 Å². The highest BCUT2D eigenvalue weighted by atomic mass is 19.3. The molecule has 1 amide bonds. The van der Waals surface area contributed by atoms with E-state index in [1.54, 1.807) is 50.8 Å². The van der Waals surface area contributed by atoms with E-state index in [0.717, 1.165) is 12.1 Å². The number of nitrogens with zero attached hydrogens (tertiary/aromatic N) is 4. The first-order chi connectivity index (χ1) is 24.2. The van der Waals surface area contributed by atoms with Crippen molar-refractivity contribution in [1.29, 1.82) is 0 Å². The highest BCUT2D eigenvalue weighted by Crippen LogP contribution is 2.38. The standard InChI is InChI=1S/C36H36F4N6O5/c1-19-12-31(50-33-24(37)6-5-7-25(33)38)42-17-28(19)46-34(41)23(16-43-46)32(47)27-13-21-14-29(49-18-30(39)40)22(15-26(21)44-27)20-8-10-45(11-9-20)35(48)51-36(2,3)4/h5-7,12-17,20,30,44H,8-11,18,41H2,1-4H3. The Labute approximate surface area is 290 Å². The number of nitrogens with two attached hydrogens (primary N) is 1. The molecule has 1 saturated heterocycles. The van der Waals surface area contributed by atoms with Gasteiger partial charge in [0, 0.05) is 30.1 Å². The molecule has 0 atom stereocenters. The molecule has 2 aromatic carbocycles. The van der Waals surface area contributed by atoms with Crippen LogP contribution in [0, 0.1) is 18.6 Å². The minimum Gasteiger partial charge on any atom is -0.487 e. The van der Waals surface area contributed by atoms with Crippen molar-refractivity contribution in [2.45, 2.75) is 58.5 Å². The van der Waals surface area contributed by atoms with Crippen LogP contribution in [0.4, 0.5) is 28.2 Å². The van der Waals surface area contributed by atoms with E-state index in [4.69, 9.17) is 19.9 Å². The third-order valence-electron chi connectivity index (χ3n) is 8.41.